The average Bonchev–Trinajstić information content (AvgIpc) is 3.11. The molecule has 0 bridgehead atoms. The normalized spacial score (nSPS) is 18.5. The van der Waals surface area contributed by atoms with E-state index in [2.05, 4.69) is 10.6 Å². The van der Waals surface area contributed by atoms with Crippen LogP contribution in [-0.4, -0.2) is 35.5 Å². The second kappa shape index (κ2) is 5.58. The van der Waals surface area contributed by atoms with Gasteiger partial charge in [0.1, 0.15) is 5.66 Å². The van der Waals surface area contributed by atoms with Gasteiger partial charge >= 0.3 is 0 Å². The van der Waals surface area contributed by atoms with Gasteiger partial charge in [-0.3, -0.25) is 9.59 Å². The molecule has 4 rings (SSSR count). The van der Waals surface area contributed by atoms with Crippen LogP contribution in [0.25, 0.3) is 0 Å². The Hall–Kier alpha value is -2.90. The topological polar surface area (TPSA) is 74.6 Å². The number of nitrogens with one attached hydrogen (secondary N) is 2. The van der Waals surface area contributed by atoms with Crippen molar-refractivity contribution < 1.29 is 22.8 Å². The van der Waals surface area contributed by atoms with Crippen molar-refractivity contribution in [2.45, 2.75) is 18.5 Å². The van der Waals surface area contributed by atoms with Gasteiger partial charge in [0.05, 0.1) is 17.5 Å². The van der Waals surface area contributed by atoms with Crippen LogP contribution >= 0.6 is 0 Å². The lowest BCUT2D eigenvalue weighted by molar-refractivity contribution is 0.0611. The largest absolute Gasteiger partial charge is 0.459 e. The van der Waals surface area contributed by atoms with Crippen LogP contribution in [0.15, 0.2) is 34.9 Å². The van der Waals surface area contributed by atoms with Crippen molar-refractivity contribution >= 4 is 17.5 Å². The van der Waals surface area contributed by atoms with Crippen LogP contribution < -0.4 is 10.6 Å². The van der Waals surface area contributed by atoms with Gasteiger partial charge in [-0.15, -0.1) is 0 Å². The van der Waals surface area contributed by atoms with E-state index in [9.17, 15) is 18.4 Å². The molecule has 0 radical (unpaired) electrons. The summed E-state index contributed by atoms with van der Waals surface area (Å²) in [4.78, 5) is 26.2. The van der Waals surface area contributed by atoms with E-state index < -0.39 is 23.2 Å². The first-order valence-electron chi connectivity index (χ1n) is 7.90. The number of furan rings is 1. The number of carbonyl (C=O) groups is 2. The van der Waals surface area contributed by atoms with Crippen molar-refractivity contribution in [3.63, 3.8) is 0 Å². The van der Waals surface area contributed by atoms with Gasteiger partial charge in [-0.2, -0.15) is 0 Å². The van der Waals surface area contributed by atoms with Crippen molar-refractivity contribution in [1.82, 2.24) is 10.2 Å². The zero-order valence-corrected chi connectivity index (χ0v) is 13.1. The van der Waals surface area contributed by atoms with E-state index in [0.29, 0.717) is 25.9 Å². The number of likely N-dealkylation sites (tertiary alicyclic amines) is 1. The minimum Gasteiger partial charge on any atom is -0.459 e. The minimum atomic E-state index is -1.06. The predicted molar refractivity (Wildman–Crippen MR) is 84.0 cm³/mol. The third kappa shape index (κ3) is 2.63. The van der Waals surface area contributed by atoms with Gasteiger partial charge in [-0.05, 0) is 18.2 Å². The molecule has 2 aliphatic heterocycles. The molecule has 0 aliphatic carbocycles. The van der Waals surface area contributed by atoms with Crippen LogP contribution in [0.5, 0.6) is 0 Å². The van der Waals surface area contributed by atoms with Crippen LogP contribution in [0, 0.1) is 11.6 Å². The highest BCUT2D eigenvalue weighted by Gasteiger charge is 2.41. The van der Waals surface area contributed by atoms with Crippen molar-refractivity contribution in [2.75, 3.05) is 18.4 Å². The first-order valence-corrected chi connectivity index (χ1v) is 7.90. The molecule has 1 saturated heterocycles. The summed E-state index contributed by atoms with van der Waals surface area (Å²) in [7, 11) is 0. The summed E-state index contributed by atoms with van der Waals surface area (Å²) in [5.41, 5.74) is -0.457. The Bertz CT molecular complexity index is 843. The first kappa shape index (κ1) is 15.6. The number of amides is 2. The summed E-state index contributed by atoms with van der Waals surface area (Å²) in [6, 6.07) is 5.12. The molecule has 1 spiro atoms. The van der Waals surface area contributed by atoms with Crippen molar-refractivity contribution in [3.8, 4) is 0 Å². The van der Waals surface area contributed by atoms with Gasteiger partial charge in [0, 0.05) is 32.0 Å². The van der Waals surface area contributed by atoms with Crippen LogP contribution in [0.3, 0.4) is 0 Å². The highest BCUT2D eigenvalue weighted by Crippen LogP contribution is 2.32. The second-order valence-electron chi connectivity index (χ2n) is 6.24. The fourth-order valence-electron chi connectivity index (χ4n) is 3.31. The molecule has 0 atom stereocenters. The second-order valence-corrected chi connectivity index (χ2v) is 6.24. The van der Waals surface area contributed by atoms with E-state index in [-0.39, 0.29) is 22.9 Å². The number of rotatable bonds is 1. The fourth-order valence-corrected chi connectivity index (χ4v) is 3.31. The summed E-state index contributed by atoms with van der Waals surface area (Å²) in [6.07, 6.45) is 2.31. The lowest BCUT2D eigenvalue weighted by Gasteiger charge is -2.45. The number of fused-ring (bicyclic) bond motifs is 1. The zero-order chi connectivity index (χ0) is 17.6. The molecular formula is C17H15F2N3O3. The lowest BCUT2D eigenvalue weighted by atomic mass is 9.92. The number of anilines is 1. The van der Waals surface area contributed by atoms with Gasteiger partial charge < -0.3 is 20.0 Å². The molecule has 0 saturated carbocycles. The minimum absolute atomic E-state index is 0.0682. The standard InChI is InChI=1S/C17H15F2N3O3/c18-11-8-10-13(9-12(11)19)20-17(21-15(10)23)3-5-22(6-4-17)16(24)14-2-1-7-25-14/h1-2,7-9,20H,3-6H2,(H,21,23). The average molecular weight is 347 g/mol. The number of piperidine rings is 1. The molecule has 2 amide bonds. The fraction of sp³-hybridized carbons (Fsp3) is 0.294. The van der Waals surface area contributed by atoms with E-state index >= 15 is 0 Å². The maximum Gasteiger partial charge on any atom is 0.289 e. The summed E-state index contributed by atoms with van der Waals surface area (Å²) in [6.45, 7) is 0.789. The highest BCUT2D eigenvalue weighted by atomic mass is 19.2. The molecule has 0 unspecified atom stereocenters. The number of hydrogen-bond donors (Lipinski definition) is 2. The summed E-state index contributed by atoms with van der Waals surface area (Å²) < 4.78 is 32.0. The predicted octanol–water partition coefficient (Wildman–Crippen LogP) is 2.35. The van der Waals surface area contributed by atoms with Gasteiger partial charge in [0.2, 0.25) is 0 Å². The maximum absolute atomic E-state index is 13.5. The Balaban J connectivity index is 1.52. The Morgan fingerprint density at radius 1 is 1.16 bits per heavy atom. The quantitative estimate of drug-likeness (QED) is 0.830. The SMILES string of the molecule is O=C1NC2(CCN(C(=O)c3ccco3)CC2)Nc2cc(F)c(F)cc21. The van der Waals surface area contributed by atoms with E-state index in [4.69, 9.17) is 4.42 Å². The Morgan fingerprint density at radius 3 is 2.56 bits per heavy atom. The maximum atomic E-state index is 13.5. The molecule has 1 aromatic heterocycles. The molecule has 1 fully saturated rings. The number of halogens is 2. The van der Waals surface area contributed by atoms with Crippen LogP contribution in [0.4, 0.5) is 14.5 Å². The number of benzene rings is 1. The van der Waals surface area contributed by atoms with E-state index in [1.54, 1.807) is 17.0 Å². The van der Waals surface area contributed by atoms with Crippen molar-refractivity contribution in [2.24, 2.45) is 0 Å². The lowest BCUT2D eigenvalue weighted by Crippen LogP contribution is -2.62. The number of nitrogens with zero attached hydrogens (tertiary/aromatic N) is 1. The molecule has 1 aromatic carbocycles. The van der Waals surface area contributed by atoms with Crippen molar-refractivity contribution in [1.29, 1.82) is 0 Å². The molecule has 8 heteroatoms. The highest BCUT2D eigenvalue weighted by molar-refractivity contribution is 6.02. The molecule has 2 N–H and O–H groups in total. The van der Waals surface area contributed by atoms with E-state index in [1.807, 2.05) is 0 Å². The Labute approximate surface area is 141 Å². The molecule has 6 nitrogen and oxygen atoms in total. The van der Waals surface area contributed by atoms with Crippen LogP contribution in [-0.2, 0) is 0 Å². The molecule has 130 valence electrons. The first-order chi connectivity index (χ1) is 12.0. The van der Waals surface area contributed by atoms with Gasteiger partial charge in [0.25, 0.3) is 11.8 Å². The number of hydrogen-bond acceptors (Lipinski definition) is 4. The van der Waals surface area contributed by atoms with Gasteiger partial charge in [0.15, 0.2) is 17.4 Å². The number of carbonyl (C=O) groups excluding carboxylic acids is 2. The molecule has 2 aliphatic rings. The van der Waals surface area contributed by atoms with Gasteiger partial charge in [-0.25, -0.2) is 8.78 Å². The van der Waals surface area contributed by atoms with Crippen molar-refractivity contribution in [3.05, 3.63) is 53.5 Å². The molecule has 25 heavy (non-hydrogen) atoms. The Morgan fingerprint density at radius 2 is 1.88 bits per heavy atom. The third-order valence-electron chi connectivity index (χ3n) is 4.67. The van der Waals surface area contributed by atoms with Crippen LogP contribution in [0.2, 0.25) is 0 Å². The van der Waals surface area contributed by atoms with Crippen LogP contribution in [0.1, 0.15) is 33.8 Å². The van der Waals surface area contributed by atoms with Gasteiger partial charge in [-0.1, -0.05) is 0 Å². The molecular weight excluding hydrogens is 332 g/mol. The molecule has 2 aromatic rings. The smallest absolute Gasteiger partial charge is 0.289 e. The summed E-state index contributed by atoms with van der Waals surface area (Å²) in [5.74, 6) is -2.49. The molecule has 3 heterocycles. The third-order valence-corrected chi connectivity index (χ3v) is 4.67. The Kier molecular flexibility index (Phi) is 3.48. The summed E-state index contributed by atoms with van der Waals surface area (Å²) >= 11 is 0. The van der Waals surface area contributed by atoms with E-state index in [1.165, 1.54) is 6.26 Å². The monoisotopic (exact) mass is 347 g/mol. The summed E-state index contributed by atoms with van der Waals surface area (Å²) in [5, 5.41) is 5.93. The zero-order valence-electron chi connectivity index (χ0n) is 13.1. The van der Waals surface area contributed by atoms with E-state index in [0.717, 1.165) is 12.1 Å².